The van der Waals surface area contributed by atoms with Crippen molar-refractivity contribution in [2.75, 3.05) is 26.2 Å². The first kappa shape index (κ1) is 32.9. The fourth-order valence-corrected chi connectivity index (χ4v) is 5.52. The number of nitrogens with one attached hydrogen (secondary N) is 2. The van der Waals surface area contributed by atoms with Gasteiger partial charge in [0.15, 0.2) is 0 Å². The fourth-order valence-electron chi connectivity index (χ4n) is 5.52. The number of carboxylic acids is 1. The van der Waals surface area contributed by atoms with Gasteiger partial charge in [0.2, 0.25) is 17.7 Å². The van der Waals surface area contributed by atoms with Crippen molar-refractivity contribution in [2.24, 2.45) is 11.8 Å². The Balaban J connectivity index is 1.38. The Labute approximate surface area is 248 Å². The number of hydrogen-bond acceptors (Lipinski definition) is 6. The Morgan fingerprint density at radius 3 is 2.38 bits per heavy atom. The molecule has 0 spiro atoms. The highest BCUT2D eigenvalue weighted by atomic mass is 16.6. The SMILES string of the molecule is CCCCCC(=O)N[C@H](CC(=O)O)NC(=O)[C@@H]1CCCN(C(=O)CCC2CCN(C(=O)OCc3ccccc3)CC2)C1. The number of benzene rings is 1. The van der Waals surface area contributed by atoms with E-state index in [0.29, 0.717) is 51.2 Å². The Bertz CT molecular complexity index is 1040. The first-order valence-electron chi connectivity index (χ1n) is 15.3. The van der Waals surface area contributed by atoms with E-state index in [-0.39, 0.29) is 43.4 Å². The highest BCUT2D eigenvalue weighted by Crippen LogP contribution is 2.24. The Morgan fingerprint density at radius 1 is 0.952 bits per heavy atom. The van der Waals surface area contributed by atoms with Crippen molar-refractivity contribution >= 4 is 29.8 Å². The van der Waals surface area contributed by atoms with Gasteiger partial charge in [0.1, 0.15) is 12.8 Å². The topological polar surface area (TPSA) is 145 Å². The van der Waals surface area contributed by atoms with Crippen molar-refractivity contribution in [1.29, 1.82) is 0 Å². The minimum atomic E-state index is -1.12. The van der Waals surface area contributed by atoms with Crippen LogP contribution in [-0.4, -0.2) is 77.0 Å². The summed E-state index contributed by atoms with van der Waals surface area (Å²) in [6.07, 6.45) is 5.15. The molecule has 232 valence electrons. The molecule has 1 aromatic rings. The summed E-state index contributed by atoms with van der Waals surface area (Å²) in [7, 11) is 0. The van der Waals surface area contributed by atoms with Gasteiger partial charge in [0.25, 0.3) is 0 Å². The van der Waals surface area contributed by atoms with Gasteiger partial charge in [-0.05, 0) is 50.0 Å². The maximum Gasteiger partial charge on any atom is 0.410 e. The Morgan fingerprint density at radius 2 is 1.69 bits per heavy atom. The van der Waals surface area contributed by atoms with Crippen LogP contribution in [0.15, 0.2) is 30.3 Å². The number of carboxylic acid groups (broad SMARTS) is 1. The number of carbonyl (C=O) groups is 5. The minimum Gasteiger partial charge on any atom is -0.481 e. The summed E-state index contributed by atoms with van der Waals surface area (Å²) < 4.78 is 5.43. The smallest absolute Gasteiger partial charge is 0.410 e. The highest BCUT2D eigenvalue weighted by Gasteiger charge is 2.31. The zero-order valence-corrected chi connectivity index (χ0v) is 24.7. The second kappa shape index (κ2) is 17.4. The van der Waals surface area contributed by atoms with Gasteiger partial charge in [-0.3, -0.25) is 19.2 Å². The third-order valence-electron chi connectivity index (χ3n) is 8.03. The van der Waals surface area contributed by atoms with E-state index in [1.807, 2.05) is 37.3 Å². The molecule has 2 fully saturated rings. The predicted octanol–water partition coefficient (Wildman–Crippen LogP) is 3.67. The molecule has 2 aliphatic rings. The number of nitrogens with zero attached hydrogens (tertiary/aromatic N) is 2. The van der Waals surface area contributed by atoms with Crippen LogP contribution in [0.25, 0.3) is 0 Å². The first-order chi connectivity index (χ1) is 20.2. The van der Waals surface area contributed by atoms with E-state index in [2.05, 4.69) is 10.6 Å². The number of aliphatic carboxylic acids is 1. The molecule has 3 rings (SSSR count). The molecule has 11 heteroatoms. The summed E-state index contributed by atoms with van der Waals surface area (Å²) in [6.45, 7) is 4.34. The molecule has 42 heavy (non-hydrogen) atoms. The zero-order valence-electron chi connectivity index (χ0n) is 24.7. The molecule has 3 N–H and O–H groups in total. The standard InChI is InChI=1S/C31H46N4O7/c1-2-3-5-12-27(36)32-26(20-29(38)39)33-30(40)25-11-8-17-35(21-25)28(37)14-13-23-15-18-34(19-16-23)31(41)42-22-24-9-6-4-7-10-24/h4,6-7,9-10,23,25-26H,2-3,5,8,11-22H2,1H3,(H,32,36)(H,33,40)(H,38,39)/t25-,26+/m1/s1. The molecule has 0 unspecified atom stereocenters. The van der Waals surface area contributed by atoms with Gasteiger partial charge in [0.05, 0.1) is 12.3 Å². The van der Waals surface area contributed by atoms with E-state index < -0.39 is 24.5 Å². The lowest BCUT2D eigenvalue weighted by molar-refractivity contribution is -0.138. The average molecular weight is 587 g/mol. The van der Waals surface area contributed by atoms with E-state index >= 15 is 0 Å². The van der Waals surface area contributed by atoms with Crippen molar-refractivity contribution in [1.82, 2.24) is 20.4 Å². The van der Waals surface area contributed by atoms with Gasteiger partial charge < -0.3 is 30.3 Å². The predicted molar refractivity (Wildman–Crippen MR) is 156 cm³/mol. The summed E-state index contributed by atoms with van der Waals surface area (Å²) in [6, 6.07) is 9.56. The summed E-state index contributed by atoms with van der Waals surface area (Å²) in [5, 5.41) is 14.6. The van der Waals surface area contributed by atoms with E-state index in [1.54, 1.807) is 9.80 Å². The molecule has 0 aromatic heterocycles. The van der Waals surface area contributed by atoms with E-state index in [1.165, 1.54) is 0 Å². The summed E-state index contributed by atoms with van der Waals surface area (Å²) in [5.74, 6) is -1.87. The minimum absolute atomic E-state index is 0.00325. The van der Waals surface area contributed by atoms with E-state index in [9.17, 15) is 29.1 Å². The molecule has 2 atom stereocenters. The maximum atomic E-state index is 13.0. The monoisotopic (exact) mass is 586 g/mol. The van der Waals surface area contributed by atoms with Crippen LogP contribution in [0.3, 0.4) is 0 Å². The van der Waals surface area contributed by atoms with Crippen LogP contribution in [0.5, 0.6) is 0 Å². The molecule has 0 saturated carbocycles. The van der Waals surface area contributed by atoms with Crippen molar-refractivity contribution < 1.29 is 33.8 Å². The van der Waals surface area contributed by atoms with Crippen LogP contribution < -0.4 is 10.6 Å². The molecule has 4 amide bonds. The molecule has 2 aliphatic heterocycles. The number of unbranched alkanes of at least 4 members (excludes halogenated alkanes) is 2. The number of amides is 4. The van der Waals surface area contributed by atoms with Crippen molar-refractivity contribution in [3.05, 3.63) is 35.9 Å². The number of hydrogen-bond donors (Lipinski definition) is 3. The largest absolute Gasteiger partial charge is 0.481 e. The molecule has 0 aliphatic carbocycles. The van der Waals surface area contributed by atoms with Crippen molar-refractivity contribution in [3.8, 4) is 0 Å². The number of piperidine rings is 2. The highest BCUT2D eigenvalue weighted by molar-refractivity contribution is 5.83. The van der Waals surface area contributed by atoms with Gasteiger partial charge in [-0.1, -0.05) is 50.1 Å². The number of carbonyl (C=O) groups excluding carboxylic acids is 4. The van der Waals surface area contributed by atoms with Crippen LogP contribution in [-0.2, 0) is 30.5 Å². The number of rotatable bonds is 14. The van der Waals surface area contributed by atoms with Gasteiger partial charge in [-0.25, -0.2) is 4.79 Å². The third-order valence-corrected chi connectivity index (χ3v) is 8.03. The second-order valence-corrected chi connectivity index (χ2v) is 11.4. The van der Waals surface area contributed by atoms with Crippen LogP contribution in [0.1, 0.15) is 83.1 Å². The molecule has 2 saturated heterocycles. The van der Waals surface area contributed by atoms with Gasteiger partial charge in [-0.2, -0.15) is 0 Å². The fraction of sp³-hybridized carbons (Fsp3) is 0.645. The van der Waals surface area contributed by atoms with Gasteiger partial charge >= 0.3 is 12.1 Å². The summed E-state index contributed by atoms with van der Waals surface area (Å²) >= 11 is 0. The molecular weight excluding hydrogens is 540 g/mol. The van der Waals surface area contributed by atoms with Crippen LogP contribution in [0, 0.1) is 11.8 Å². The molecular formula is C31H46N4O7. The maximum absolute atomic E-state index is 13.0. The number of likely N-dealkylation sites (tertiary alicyclic amines) is 2. The molecule has 11 nitrogen and oxygen atoms in total. The zero-order chi connectivity index (χ0) is 30.3. The van der Waals surface area contributed by atoms with E-state index in [0.717, 1.165) is 37.7 Å². The average Bonchev–Trinajstić information content (AvgIpc) is 2.99. The van der Waals surface area contributed by atoms with Crippen LogP contribution in [0.4, 0.5) is 4.79 Å². The molecule has 0 bridgehead atoms. The van der Waals surface area contributed by atoms with Crippen molar-refractivity contribution in [3.63, 3.8) is 0 Å². The van der Waals surface area contributed by atoms with E-state index in [4.69, 9.17) is 4.74 Å². The molecule has 2 heterocycles. The number of ether oxygens (including phenoxy) is 1. The normalized spacial score (nSPS) is 18.2. The Hall–Kier alpha value is -3.63. The molecule has 1 aromatic carbocycles. The quantitative estimate of drug-likeness (QED) is 0.223. The molecule has 0 radical (unpaired) electrons. The van der Waals surface area contributed by atoms with Gasteiger partial charge in [0, 0.05) is 39.0 Å². The summed E-state index contributed by atoms with van der Waals surface area (Å²) in [4.78, 5) is 65.4. The second-order valence-electron chi connectivity index (χ2n) is 11.4. The van der Waals surface area contributed by atoms with Crippen molar-refractivity contribution in [2.45, 2.75) is 90.3 Å². The van der Waals surface area contributed by atoms with Crippen LogP contribution >= 0.6 is 0 Å². The van der Waals surface area contributed by atoms with Gasteiger partial charge in [-0.15, -0.1) is 0 Å². The first-order valence-corrected chi connectivity index (χ1v) is 15.3. The summed E-state index contributed by atoms with van der Waals surface area (Å²) in [5.41, 5.74) is 0.946. The lowest BCUT2D eigenvalue weighted by Crippen LogP contribution is -2.53. The third kappa shape index (κ3) is 11.3. The Kier molecular flexibility index (Phi) is 13.6. The van der Waals surface area contributed by atoms with Crippen LogP contribution in [0.2, 0.25) is 0 Å². The lowest BCUT2D eigenvalue weighted by atomic mass is 9.91. The lowest BCUT2D eigenvalue weighted by Gasteiger charge is -2.34.